The molecule has 0 aliphatic rings. The molecule has 62 valence electrons. The van der Waals surface area contributed by atoms with Gasteiger partial charge < -0.3 is 10.4 Å². The van der Waals surface area contributed by atoms with Crippen LogP contribution in [0.2, 0.25) is 0 Å². The summed E-state index contributed by atoms with van der Waals surface area (Å²) in [5.41, 5.74) is 1.34. The second kappa shape index (κ2) is 2.82. The third-order valence-corrected chi connectivity index (χ3v) is 1.76. The molecule has 1 heterocycles. The maximum absolute atomic E-state index is 11.0. The highest BCUT2D eigenvalue weighted by Crippen LogP contribution is 2.04. The predicted octanol–water partition coefficient (Wildman–Crippen LogP) is 0.484. The molecule has 0 aliphatic carbocycles. The van der Waals surface area contributed by atoms with E-state index in [4.69, 9.17) is 5.21 Å². The van der Waals surface area contributed by atoms with Gasteiger partial charge in [0.15, 0.2) is 11.4 Å². The van der Waals surface area contributed by atoms with Crippen LogP contribution in [0.25, 0.3) is 0 Å². The average molecular weight is 156 g/mol. The van der Waals surface area contributed by atoms with E-state index in [1.54, 1.807) is 0 Å². The van der Waals surface area contributed by atoms with Gasteiger partial charge in [-0.1, -0.05) is 18.6 Å². The molecule has 0 unspecified atom stereocenters. The van der Waals surface area contributed by atoms with Crippen molar-refractivity contribution in [3.63, 3.8) is 0 Å². The summed E-state index contributed by atoms with van der Waals surface area (Å²) in [7, 11) is 0. The number of imidazole rings is 1. The largest absolute Gasteiger partial charge is 0.711 e. The number of rotatable bonds is 2. The standard InChI is InChI=1S/C7H12N2O2/c1-3-6-7(4-2)9(11)5-8(6)10/h5,10H,3-4H2,1-2H3. The highest BCUT2D eigenvalue weighted by atomic mass is 16.5. The average Bonchev–Trinajstić information content (AvgIpc) is 2.24. The Labute approximate surface area is 65.2 Å². The highest BCUT2D eigenvalue weighted by molar-refractivity contribution is 5.06. The quantitative estimate of drug-likeness (QED) is 0.384. The molecule has 0 aliphatic heterocycles. The summed E-state index contributed by atoms with van der Waals surface area (Å²) in [4.78, 5) is 0. The fraction of sp³-hybridized carbons (Fsp3) is 0.571. The molecule has 1 rings (SSSR count). The molecule has 0 fully saturated rings. The van der Waals surface area contributed by atoms with Crippen LogP contribution >= 0.6 is 0 Å². The van der Waals surface area contributed by atoms with Crippen molar-refractivity contribution in [1.29, 1.82) is 0 Å². The lowest BCUT2D eigenvalue weighted by Gasteiger charge is -1.98. The van der Waals surface area contributed by atoms with Crippen molar-refractivity contribution in [2.45, 2.75) is 26.7 Å². The van der Waals surface area contributed by atoms with Crippen molar-refractivity contribution in [3.8, 4) is 0 Å². The van der Waals surface area contributed by atoms with Crippen molar-refractivity contribution >= 4 is 0 Å². The monoisotopic (exact) mass is 156 g/mol. The molecule has 0 radical (unpaired) electrons. The van der Waals surface area contributed by atoms with E-state index in [2.05, 4.69) is 0 Å². The Kier molecular flexibility index (Phi) is 2.03. The van der Waals surface area contributed by atoms with Gasteiger partial charge in [-0.2, -0.15) is 0 Å². The van der Waals surface area contributed by atoms with Gasteiger partial charge >= 0.3 is 0 Å². The van der Waals surface area contributed by atoms with E-state index in [0.717, 1.165) is 11.1 Å². The zero-order valence-electron chi connectivity index (χ0n) is 6.74. The van der Waals surface area contributed by atoms with Crippen LogP contribution in [0.15, 0.2) is 6.33 Å². The van der Waals surface area contributed by atoms with E-state index >= 15 is 0 Å². The smallest absolute Gasteiger partial charge is 0.287 e. The van der Waals surface area contributed by atoms with Crippen LogP contribution in [0.5, 0.6) is 0 Å². The van der Waals surface area contributed by atoms with Crippen LogP contribution in [0, 0.1) is 5.21 Å². The van der Waals surface area contributed by atoms with Gasteiger partial charge in [-0.05, 0) is 0 Å². The molecule has 1 N–H and O–H groups in total. The lowest BCUT2D eigenvalue weighted by Crippen LogP contribution is -2.28. The first-order valence-corrected chi connectivity index (χ1v) is 3.72. The van der Waals surface area contributed by atoms with Crippen molar-refractivity contribution in [2.24, 2.45) is 0 Å². The van der Waals surface area contributed by atoms with Gasteiger partial charge in [0.25, 0.3) is 6.33 Å². The zero-order chi connectivity index (χ0) is 8.43. The molecule has 0 spiro atoms. The Morgan fingerprint density at radius 1 is 1.55 bits per heavy atom. The van der Waals surface area contributed by atoms with E-state index < -0.39 is 0 Å². The summed E-state index contributed by atoms with van der Waals surface area (Å²) in [5.74, 6) is 0. The van der Waals surface area contributed by atoms with Crippen molar-refractivity contribution < 1.29 is 9.94 Å². The molecule has 4 heteroatoms. The molecular formula is C7H12N2O2. The Balaban J connectivity index is 3.17. The maximum atomic E-state index is 11.0. The second-order valence-corrected chi connectivity index (χ2v) is 2.39. The van der Waals surface area contributed by atoms with Gasteiger partial charge in [0.2, 0.25) is 0 Å². The molecule has 1 aromatic heterocycles. The van der Waals surface area contributed by atoms with Crippen molar-refractivity contribution in [2.75, 3.05) is 0 Å². The van der Waals surface area contributed by atoms with Crippen LogP contribution in [0.3, 0.4) is 0 Å². The predicted molar refractivity (Wildman–Crippen MR) is 39.3 cm³/mol. The molecule has 0 atom stereocenters. The van der Waals surface area contributed by atoms with Gasteiger partial charge in [0.05, 0.1) is 0 Å². The highest BCUT2D eigenvalue weighted by Gasteiger charge is 2.15. The fourth-order valence-electron chi connectivity index (χ4n) is 1.22. The summed E-state index contributed by atoms with van der Waals surface area (Å²) in [6.07, 6.45) is 2.47. The number of aromatic nitrogens is 2. The Morgan fingerprint density at radius 3 is 2.55 bits per heavy atom. The van der Waals surface area contributed by atoms with Gasteiger partial charge in [-0.15, -0.1) is 0 Å². The molecule has 0 saturated heterocycles. The minimum absolute atomic E-state index is 0.648. The second-order valence-electron chi connectivity index (χ2n) is 2.39. The lowest BCUT2D eigenvalue weighted by molar-refractivity contribution is -0.614. The Hall–Kier alpha value is -1.19. The first-order valence-electron chi connectivity index (χ1n) is 3.72. The fourth-order valence-corrected chi connectivity index (χ4v) is 1.22. The third-order valence-electron chi connectivity index (χ3n) is 1.76. The van der Waals surface area contributed by atoms with Crippen LogP contribution in [-0.2, 0) is 12.8 Å². The zero-order valence-corrected chi connectivity index (χ0v) is 6.74. The molecule has 0 aromatic carbocycles. The van der Waals surface area contributed by atoms with Crippen LogP contribution < -0.4 is 4.73 Å². The van der Waals surface area contributed by atoms with Gasteiger partial charge in [-0.25, -0.2) is 4.73 Å². The Bertz CT molecular complexity index is 231. The Morgan fingerprint density at radius 2 is 2.18 bits per heavy atom. The van der Waals surface area contributed by atoms with Crippen LogP contribution in [0.4, 0.5) is 0 Å². The van der Waals surface area contributed by atoms with Crippen molar-refractivity contribution in [1.82, 2.24) is 4.73 Å². The summed E-state index contributed by atoms with van der Waals surface area (Å²) in [6, 6.07) is 0. The minimum atomic E-state index is 0.648. The first kappa shape index (κ1) is 7.91. The summed E-state index contributed by atoms with van der Waals surface area (Å²) >= 11 is 0. The molecule has 11 heavy (non-hydrogen) atoms. The summed E-state index contributed by atoms with van der Waals surface area (Å²) in [5, 5.41) is 20.1. The minimum Gasteiger partial charge on any atom is -0.711 e. The number of hydrogen-bond acceptors (Lipinski definition) is 2. The maximum Gasteiger partial charge on any atom is 0.287 e. The molecule has 4 nitrogen and oxygen atoms in total. The van der Waals surface area contributed by atoms with Crippen molar-refractivity contribution in [3.05, 3.63) is 22.9 Å². The van der Waals surface area contributed by atoms with Crippen LogP contribution in [0.1, 0.15) is 25.2 Å². The molecule has 0 saturated carbocycles. The van der Waals surface area contributed by atoms with Crippen LogP contribution in [-0.4, -0.2) is 9.94 Å². The van der Waals surface area contributed by atoms with E-state index in [1.165, 1.54) is 0 Å². The number of hydrogen-bond donors (Lipinski definition) is 1. The first-order chi connectivity index (χ1) is 5.20. The molecular weight excluding hydrogens is 144 g/mol. The van der Waals surface area contributed by atoms with E-state index in [0.29, 0.717) is 29.0 Å². The molecule has 0 bridgehead atoms. The number of nitrogens with zero attached hydrogens (tertiary/aromatic N) is 2. The lowest BCUT2D eigenvalue weighted by atomic mass is 10.2. The SMILES string of the molecule is CCc1c(CC)[n+]([O-])cn1O. The van der Waals surface area contributed by atoms with E-state index in [9.17, 15) is 5.21 Å². The van der Waals surface area contributed by atoms with E-state index in [1.807, 2.05) is 13.8 Å². The van der Waals surface area contributed by atoms with Gasteiger partial charge in [0.1, 0.15) is 0 Å². The summed E-state index contributed by atoms with van der Waals surface area (Å²) in [6.45, 7) is 3.80. The summed E-state index contributed by atoms with van der Waals surface area (Å²) < 4.78 is 1.60. The van der Waals surface area contributed by atoms with E-state index in [-0.39, 0.29) is 0 Å². The normalized spacial score (nSPS) is 10.4. The van der Waals surface area contributed by atoms with Gasteiger partial charge in [0, 0.05) is 12.8 Å². The topological polar surface area (TPSA) is 52.1 Å². The van der Waals surface area contributed by atoms with Gasteiger partial charge in [-0.3, -0.25) is 0 Å². The molecule has 0 amide bonds. The third kappa shape index (κ3) is 1.15. The molecule has 1 aromatic rings.